The lowest BCUT2D eigenvalue weighted by atomic mass is 10.2. The van der Waals surface area contributed by atoms with Gasteiger partial charge in [0.05, 0.1) is 16.6 Å². The third kappa shape index (κ3) is 2.65. The van der Waals surface area contributed by atoms with Crippen molar-refractivity contribution in [2.45, 2.75) is 13.5 Å². The van der Waals surface area contributed by atoms with Gasteiger partial charge in [-0.25, -0.2) is 4.79 Å². The van der Waals surface area contributed by atoms with Crippen LogP contribution in [0.25, 0.3) is 16.7 Å². The Morgan fingerprint density at radius 1 is 1.30 bits per heavy atom. The lowest BCUT2D eigenvalue weighted by Gasteiger charge is -2.08. The number of aromatic nitrogens is 5. The van der Waals surface area contributed by atoms with E-state index >= 15 is 0 Å². The molecule has 0 aliphatic rings. The molecule has 0 saturated heterocycles. The van der Waals surface area contributed by atoms with E-state index in [0.717, 1.165) is 0 Å². The zero-order chi connectivity index (χ0) is 19.1. The number of esters is 1. The molecule has 0 radical (unpaired) electrons. The lowest BCUT2D eigenvalue weighted by Crippen LogP contribution is -2.20. The Labute approximate surface area is 157 Å². The standard InChI is InChI=1S/C17H16N6O3S/c1-9-13(14(18-2)27-21-9)16(25)26-8-12-19-20-17-22(3)15(24)10-6-4-5-7-11(10)23(12)17/h4-7,18H,8H2,1-3H3. The first-order valence-corrected chi connectivity index (χ1v) is 8.93. The molecule has 0 spiro atoms. The maximum Gasteiger partial charge on any atom is 0.343 e. The summed E-state index contributed by atoms with van der Waals surface area (Å²) in [5, 5.41) is 12.3. The Morgan fingerprint density at radius 2 is 2.07 bits per heavy atom. The van der Waals surface area contributed by atoms with Crippen LogP contribution in [0.2, 0.25) is 0 Å². The summed E-state index contributed by atoms with van der Waals surface area (Å²) < 4.78 is 12.8. The van der Waals surface area contributed by atoms with Crippen molar-refractivity contribution >= 4 is 39.2 Å². The van der Waals surface area contributed by atoms with Gasteiger partial charge in [-0.3, -0.25) is 13.8 Å². The largest absolute Gasteiger partial charge is 0.454 e. The summed E-state index contributed by atoms with van der Waals surface area (Å²) in [6, 6.07) is 7.18. The molecule has 27 heavy (non-hydrogen) atoms. The summed E-state index contributed by atoms with van der Waals surface area (Å²) in [6.07, 6.45) is 0. The molecule has 3 aromatic heterocycles. The normalized spacial score (nSPS) is 11.2. The second kappa shape index (κ2) is 6.47. The number of nitrogens with zero attached hydrogens (tertiary/aromatic N) is 5. The van der Waals surface area contributed by atoms with Crippen LogP contribution >= 0.6 is 11.5 Å². The van der Waals surface area contributed by atoms with Crippen LogP contribution in [-0.4, -0.2) is 36.6 Å². The van der Waals surface area contributed by atoms with Gasteiger partial charge in [-0.2, -0.15) is 4.37 Å². The molecular formula is C17H16N6O3S. The number of para-hydroxylation sites is 1. The number of ether oxygens (including phenoxy) is 1. The van der Waals surface area contributed by atoms with Crippen LogP contribution in [0, 0.1) is 6.92 Å². The van der Waals surface area contributed by atoms with Gasteiger partial charge in [-0.05, 0) is 30.6 Å². The predicted molar refractivity (Wildman–Crippen MR) is 101 cm³/mol. The highest BCUT2D eigenvalue weighted by Crippen LogP contribution is 2.25. The third-order valence-electron chi connectivity index (χ3n) is 4.32. The average molecular weight is 384 g/mol. The summed E-state index contributed by atoms with van der Waals surface area (Å²) in [5.41, 5.74) is 1.52. The van der Waals surface area contributed by atoms with Gasteiger partial charge in [0.2, 0.25) is 5.78 Å². The van der Waals surface area contributed by atoms with E-state index in [1.807, 2.05) is 12.1 Å². The molecule has 138 valence electrons. The average Bonchev–Trinajstić information content (AvgIpc) is 3.27. The van der Waals surface area contributed by atoms with E-state index in [4.69, 9.17) is 4.74 Å². The highest BCUT2D eigenvalue weighted by Gasteiger charge is 2.21. The minimum absolute atomic E-state index is 0.0827. The van der Waals surface area contributed by atoms with Gasteiger partial charge >= 0.3 is 5.97 Å². The number of fused-ring (bicyclic) bond motifs is 3. The van der Waals surface area contributed by atoms with Crippen LogP contribution in [0.15, 0.2) is 29.1 Å². The van der Waals surface area contributed by atoms with E-state index in [9.17, 15) is 9.59 Å². The molecule has 0 aliphatic carbocycles. The number of rotatable bonds is 4. The van der Waals surface area contributed by atoms with Crippen molar-refractivity contribution < 1.29 is 9.53 Å². The number of nitrogens with one attached hydrogen (secondary N) is 1. The number of anilines is 1. The molecule has 10 heteroatoms. The Hall–Kier alpha value is -3.27. The van der Waals surface area contributed by atoms with Crippen LogP contribution in [0.3, 0.4) is 0 Å². The van der Waals surface area contributed by atoms with Crippen LogP contribution in [0.5, 0.6) is 0 Å². The molecule has 0 unspecified atom stereocenters. The fraction of sp³-hybridized carbons (Fsp3) is 0.235. The fourth-order valence-corrected chi connectivity index (χ4v) is 3.70. The summed E-state index contributed by atoms with van der Waals surface area (Å²) in [6.45, 7) is 1.67. The highest BCUT2D eigenvalue weighted by atomic mass is 32.1. The summed E-state index contributed by atoms with van der Waals surface area (Å²) in [5.74, 6) is 0.322. The van der Waals surface area contributed by atoms with Crippen molar-refractivity contribution in [3.63, 3.8) is 0 Å². The van der Waals surface area contributed by atoms with Crippen molar-refractivity contribution in [2.24, 2.45) is 7.05 Å². The first kappa shape index (κ1) is 17.2. The zero-order valence-electron chi connectivity index (χ0n) is 14.9. The Morgan fingerprint density at radius 3 is 2.85 bits per heavy atom. The van der Waals surface area contributed by atoms with Crippen molar-refractivity contribution in [3.8, 4) is 0 Å². The van der Waals surface area contributed by atoms with E-state index in [2.05, 4.69) is 19.9 Å². The molecule has 0 fully saturated rings. The first-order valence-electron chi connectivity index (χ1n) is 8.15. The van der Waals surface area contributed by atoms with Crippen molar-refractivity contribution in [3.05, 3.63) is 51.7 Å². The second-order valence-electron chi connectivity index (χ2n) is 5.93. The highest BCUT2D eigenvalue weighted by molar-refractivity contribution is 7.10. The minimum atomic E-state index is -0.489. The molecule has 3 heterocycles. The summed E-state index contributed by atoms with van der Waals surface area (Å²) in [4.78, 5) is 25.0. The Balaban J connectivity index is 1.74. The number of carbonyl (C=O) groups is 1. The smallest absolute Gasteiger partial charge is 0.343 e. The number of hydrogen-bond donors (Lipinski definition) is 1. The Bertz CT molecular complexity index is 1240. The number of carbonyl (C=O) groups excluding carboxylic acids is 1. The fourth-order valence-electron chi connectivity index (χ4n) is 2.97. The quantitative estimate of drug-likeness (QED) is 0.535. The maximum atomic E-state index is 12.5. The molecule has 4 rings (SSSR count). The van der Waals surface area contributed by atoms with Gasteiger partial charge < -0.3 is 10.1 Å². The molecule has 0 saturated carbocycles. The van der Waals surface area contributed by atoms with Crippen LogP contribution in [0.4, 0.5) is 5.00 Å². The van der Waals surface area contributed by atoms with Crippen LogP contribution in [0.1, 0.15) is 21.9 Å². The summed E-state index contributed by atoms with van der Waals surface area (Å²) in [7, 11) is 3.36. The molecule has 0 atom stereocenters. The summed E-state index contributed by atoms with van der Waals surface area (Å²) >= 11 is 1.20. The van der Waals surface area contributed by atoms with E-state index in [0.29, 0.717) is 38.8 Å². The van der Waals surface area contributed by atoms with E-state index < -0.39 is 5.97 Å². The van der Waals surface area contributed by atoms with Crippen molar-refractivity contribution in [1.82, 2.24) is 23.5 Å². The minimum Gasteiger partial charge on any atom is -0.454 e. The van der Waals surface area contributed by atoms with Crippen molar-refractivity contribution in [1.29, 1.82) is 0 Å². The molecular weight excluding hydrogens is 368 g/mol. The molecule has 0 amide bonds. The number of aryl methyl sites for hydroxylation is 2. The molecule has 4 aromatic rings. The molecule has 0 aliphatic heterocycles. The number of benzene rings is 1. The predicted octanol–water partition coefficient (Wildman–Crippen LogP) is 1.74. The van der Waals surface area contributed by atoms with Crippen LogP contribution in [-0.2, 0) is 18.4 Å². The van der Waals surface area contributed by atoms with E-state index in [1.165, 1.54) is 16.1 Å². The van der Waals surface area contributed by atoms with Gasteiger partial charge in [0, 0.05) is 14.1 Å². The second-order valence-corrected chi connectivity index (χ2v) is 6.70. The lowest BCUT2D eigenvalue weighted by molar-refractivity contribution is 0.0462. The van der Waals surface area contributed by atoms with Crippen LogP contribution < -0.4 is 10.9 Å². The first-order chi connectivity index (χ1) is 13.0. The maximum absolute atomic E-state index is 12.5. The van der Waals surface area contributed by atoms with Gasteiger partial charge in [-0.1, -0.05) is 12.1 Å². The number of hydrogen-bond acceptors (Lipinski definition) is 8. The van der Waals surface area contributed by atoms with Gasteiger partial charge in [0.15, 0.2) is 12.4 Å². The molecule has 9 nitrogen and oxygen atoms in total. The van der Waals surface area contributed by atoms with Gasteiger partial charge in [-0.15, -0.1) is 10.2 Å². The molecule has 1 N–H and O–H groups in total. The zero-order valence-corrected chi connectivity index (χ0v) is 15.7. The van der Waals surface area contributed by atoms with Gasteiger partial charge in [0.1, 0.15) is 10.6 Å². The Kier molecular flexibility index (Phi) is 4.11. The third-order valence-corrected chi connectivity index (χ3v) is 5.28. The molecule has 0 bridgehead atoms. The molecule has 1 aromatic carbocycles. The van der Waals surface area contributed by atoms with E-state index in [-0.39, 0.29) is 12.2 Å². The topological polar surface area (TPSA) is 103 Å². The van der Waals surface area contributed by atoms with E-state index in [1.54, 1.807) is 37.6 Å². The van der Waals surface area contributed by atoms with Crippen molar-refractivity contribution in [2.75, 3.05) is 12.4 Å². The van der Waals surface area contributed by atoms with Gasteiger partial charge in [0.25, 0.3) is 5.56 Å². The SMILES string of the molecule is CNc1snc(C)c1C(=O)OCc1nnc2n(C)c(=O)c3ccccc3n12. The monoisotopic (exact) mass is 384 g/mol.